The van der Waals surface area contributed by atoms with Gasteiger partial charge in [-0.25, -0.2) is 4.98 Å². The third kappa shape index (κ3) is 3.39. The Morgan fingerprint density at radius 1 is 1.19 bits per heavy atom. The fourth-order valence-corrected chi connectivity index (χ4v) is 3.18. The molecule has 10 heteroatoms. The van der Waals surface area contributed by atoms with Crippen molar-refractivity contribution in [3.63, 3.8) is 0 Å². The molecule has 0 bridgehead atoms. The van der Waals surface area contributed by atoms with E-state index < -0.39 is 40.9 Å². The highest BCUT2D eigenvalue weighted by Gasteiger charge is 2.35. The number of carboxylic acid groups (broad SMARTS) is 1. The van der Waals surface area contributed by atoms with Gasteiger partial charge in [0.25, 0.3) is 0 Å². The van der Waals surface area contributed by atoms with Crippen LogP contribution in [0, 0.1) is 0 Å². The summed E-state index contributed by atoms with van der Waals surface area (Å²) in [5, 5.41) is 19.6. The lowest BCUT2D eigenvalue weighted by molar-refractivity contribution is -0.138. The van der Waals surface area contributed by atoms with Crippen LogP contribution < -0.4 is 0 Å². The maximum absolute atomic E-state index is 13.0. The SMILES string of the molecule is O=C(O)C(C(=O)c1nc(Br)c2ccc(C(F)(F)F)cc2c1O)c1ccc[nH]1. The smallest absolute Gasteiger partial charge is 0.416 e. The molecule has 3 N–H and O–H groups in total. The Morgan fingerprint density at radius 2 is 1.89 bits per heavy atom. The lowest BCUT2D eigenvalue weighted by Gasteiger charge is -2.14. The lowest BCUT2D eigenvalue weighted by atomic mass is 9.95. The Balaban J connectivity index is 2.20. The van der Waals surface area contributed by atoms with Crippen molar-refractivity contribution in [1.82, 2.24) is 9.97 Å². The van der Waals surface area contributed by atoms with Gasteiger partial charge in [-0.2, -0.15) is 13.2 Å². The maximum atomic E-state index is 13.0. The van der Waals surface area contributed by atoms with E-state index in [1.807, 2.05) is 0 Å². The molecule has 0 amide bonds. The van der Waals surface area contributed by atoms with Gasteiger partial charge in [0.15, 0.2) is 17.4 Å². The van der Waals surface area contributed by atoms with Gasteiger partial charge in [-0.05, 0) is 40.2 Å². The van der Waals surface area contributed by atoms with Gasteiger partial charge < -0.3 is 15.2 Å². The minimum atomic E-state index is -4.66. The quantitative estimate of drug-likeness (QED) is 0.320. The first kappa shape index (κ1) is 18.9. The number of aromatic nitrogens is 2. The second-order valence-electron chi connectivity index (χ2n) is 5.62. The highest BCUT2D eigenvalue weighted by molar-refractivity contribution is 9.10. The number of aromatic hydroxyl groups is 1. The van der Waals surface area contributed by atoms with E-state index in [-0.39, 0.29) is 21.1 Å². The van der Waals surface area contributed by atoms with Crippen LogP contribution in [0.4, 0.5) is 13.2 Å². The topological polar surface area (TPSA) is 103 Å². The number of rotatable bonds is 4. The molecule has 3 rings (SSSR count). The molecule has 6 nitrogen and oxygen atoms in total. The van der Waals surface area contributed by atoms with Crippen molar-refractivity contribution in [2.24, 2.45) is 0 Å². The standard InChI is InChI=1S/C17H10BrF3N2O4/c18-15-8-4-3-7(17(19,20)21)6-9(8)13(24)12(23-15)14(25)11(16(26)27)10-2-1-5-22-10/h1-6,11,22,24H,(H,26,27). The molecule has 0 saturated heterocycles. The minimum Gasteiger partial charge on any atom is -0.505 e. The predicted molar refractivity (Wildman–Crippen MR) is 91.6 cm³/mol. The number of hydrogen-bond acceptors (Lipinski definition) is 4. The van der Waals surface area contributed by atoms with Crippen molar-refractivity contribution in [1.29, 1.82) is 0 Å². The van der Waals surface area contributed by atoms with E-state index in [1.54, 1.807) is 0 Å². The highest BCUT2D eigenvalue weighted by atomic mass is 79.9. The summed E-state index contributed by atoms with van der Waals surface area (Å²) in [7, 11) is 0. The predicted octanol–water partition coefficient (Wildman–Crippen LogP) is 4.10. The third-order valence-electron chi connectivity index (χ3n) is 3.93. The zero-order valence-electron chi connectivity index (χ0n) is 13.2. The van der Waals surface area contributed by atoms with E-state index in [0.29, 0.717) is 6.07 Å². The van der Waals surface area contributed by atoms with Gasteiger partial charge in [-0.15, -0.1) is 0 Å². The van der Waals surface area contributed by atoms with Gasteiger partial charge in [-0.1, -0.05) is 6.07 Å². The van der Waals surface area contributed by atoms with Crippen LogP contribution in [0.25, 0.3) is 10.8 Å². The summed E-state index contributed by atoms with van der Waals surface area (Å²) in [5.41, 5.74) is -1.62. The van der Waals surface area contributed by atoms with Crippen molar-refractivity contribution >= 4 is 38.5 Å². The molecule has 140 valence electrons. The molecule has 0 spiro atoms. The van der Waals surface area contributed by atoms with Crippen molar-refractivity contribution in [2.75, 3.05) is 0 Å². The number of benzene rings is 1. The van der Waals surface area contributed by atoms with E-state index in [0.717, 1.165) is 12.1 Å². The van der Waals surface area contributed by atoms with Gasteiger partial charge >= 0.3 is 12.1 Å². The van der Waals surface area contributed by atoms with Gasteiger partial charge in [0.1, 0.15) is 4.60 Å². The average molecular weight is 443 g/mol. The number of hydrogen-bond donors (Lipinski definition) is 3. The molecular weight excluding hydrogens is 433 g/mol. The fraction of sp³-hybridized carbons (Fsp3) is 0.118. The van der Waals surface area contributed by atoms with Crippen LogP contribution in [0.5, 0.6) is 5.75 Å². The number of pyridine rings is 1. The Kier molecular flexibility index (Phi) is 4.68. The minimum absolute atomic E-state index is 0.00278. The first-order chi connectivity index (χ1) is 12.6. The number of nitrogens with zero attached hydrogens (tertiary/aromatic N) is 1. The van der Waals surface area contributed by atoms with Gasteiger partial charge in [0, 0.05) is 22.7 Å². The number of H-pyrrole nitrogens is 1. The molecular formula is C17H10BrF3N2O4. The molecule has 0 radical (unpaired) electrons. The van der Waals surface area contributed by atoms with Crippen LogP contribution >= 0.6 is 15.9 Å². The second-order valence-corrected chi connectivity index (χ2v) is 6.37. The Hall–Kier alpha value is -2.88. The van der Waals surface area contributed by atoms with E-state index in [9.17, 15) is 33.0 Å². The number of nitrogens with one attached hydrogen (secondary N) is 1. The van der Waals surface area contributed by atoms with Crippen LogP contribution in [0.1, 0.15) is 27.7 Å². The monoisotopic (exact) mass is 442 g/mol. The molecule has 0 fully saturated rings. The van der Waals surface area contributed by atoms with Crippen LogP contribution in [0.3, 0.4) is 0 Å². The zero-order chi connectivity index (χ0) is 19.9. The molecule has 1 unspecified atom stereocenters. The highest BCUT2D eigenvalue weighted by Crippen LogP contribution is 2.38. The first-order valence-corrected chi connectivity index (χ1v) is 8.20. The van der Waals surface area contributed by atoms with Gasteiger partial charge in [0.05, 0.1) is 5.56 Å². The number of Topliss-reactive ketones (excluding diaryl/α,β-unsaturated/α-hetero) is 1. The molecule has 1 atom stereocenters. The number of fused-ring (bicyclic) bond motifs is 1. The van der Waals surface area contributed by atoms with Crippen LogP contribution in [-0.4, -0.2) is 31.9 Å². The molecule has 27 heavy (non-hydrogen) atoms. The third-order valence-corrected chi connectivity index (χ3v) is 4.54. The van der Waals surface area contributed by atoms with Crippen LogP contribution in [0.15, 0.2) is 41.1 Å². The molecule has 2 heterocycles. The van der Waals surface area contributed by atoms with E-state index in [1.165, 1.54) is 18.3 Å². The first-order valence-electron chi connectivity index (χ1n) is 7.41. The number of ketones is 1. The Bertz CT molecular complexity index is 1050. The summed E-state index contributed by atoms with van der Waals surface area (Å²) < 4.78 is 38.9. The lowest BCUT2D eigenvalue weighted by Crippen LogP contribution is -2.23. The average Bonchev–Trinajstić information content (AvgIpc) is 3.10. The second kappa shape index (κ2) is 6.69. The molecule has 0 aliphatic rings. The maximum Gasteiger partial charge on any atom is 0.416 e. The van der Waals surface area contributed by atoms with Crippen molar-refractivity contribution in [2.45, 2.75) is 12.1 Å². The van der Waals surface area contributed by atoms with E-state index in [2.05, 4.69) is 25.9 Å². The van der Waals surface area contributed by atoms with Crippen molar-refractivity contribution in [3.8, 4) is 5.75 Å². The van der Waals surface area contributed by atoms with Gasteiger partial charge in [0.2, 0.25) is 5.78 Å². The Labute approximate surface area is 157 Å². The number of alkyl halides is 3. The Morgan fingerprint density at radius 3 is 2.44 bits per heavy atom. The molecule has 2 aromatic heterocycles. The van der Waals surface area contributed by atoms with Gasteiger partial charge in [-0.3, -0.25) is 9.59 Å². The number of aromatic amines is 1. The van der Waals surface area contributed by atoms with Crippen LogP contribution in [-0.2, 0) is 11.0 Å². The fourth-order valence-electron chi connectivity index (χ4n) is 2.65. The number of halogens is 4. The molecule has 0 aliphatic carbocycles. The molecule has 1 aromatic carbocycles. The summed E-state index contributed by atoms with van der Waals surface area (Å²) >= 11 is 3.05. The largest absolute Gasteiger partial charge is 0.505 e. The number of carboxylic acids is 1. The molecule has 0 aliphatic heterocycles. The van der Waals surface area contributed by atoms with Crippen molar-refractivity contribution in [3.05, 3.63) is 58.1 Å². The normalized spacial score (nSPS) is 12.9. The summed E-state index contributed by atoms with van der Waals surface area (Å²) in [5.74, 6) is -5.08. The zero-order valence-corrected chi connectivity index (χ0v) is 14.8. The van der Waals surface area contributed by atoms with Crippen molar-refractivity contribution < 1.29 is 33.0 Å². The molecule has 0 saturated carbocycles. The molecule has 3 aromatic rings. The number of aliphatic carboxylic acids is 1. The van der Waals surface area contributed by atoms with Crippen LogP contribution in [0.2, 0.25) is 0 Å². The summed E-state index contributed by atoms with van der Waals surface area (Å²) in [6.07, 6.45) is -3.24. The number of carbonyl (C=O) groups is 2. The summed E-state index contributed by atoms with van der Waals surface area (Å²) in [6.45, 7) is 0. The van der Waals surface area contributed by atoms with E-state index in [4.69, 9.17) is 0 Å². The van der Waals surface area contributed by atoms with E-state index >= 15 is 0 Å². The summed E-state index contributed by atoms with van der Waals surface area (Å²) in [4.78, 5) is 30.7. The number of carbonyl (C=O) groups excluding carboxylic acids is 1. The summed E-state index contributed by atoms with van der Waals surface area (Å²) in [6, 6.07) is 5.44.